The number of hydrogen-bond acceptors (Lipinski definition) is 6. The minimum atomic E-state index is -4.05. The standard InChI is InChI=1S/C30H46N2O6S/c1-7-8-9-13-21-36-22-20-32(5,6)28(38-39(34,35)27-18-16-25(2)17-19-27)23-30(3,4)31-29(33)37-24-26-14-11-10-12-15-26/h10-12,14-19,28H,7-9,13,20-24H2,1-6H3/p+1. The molecule has 1 unspecified atom stereocenters. The summed E-state index contributed by atoms with van der Waals surface area (Å²) in [6, 6.07) is 16.0. The Bertz CT molecular complexity index is 1100. The maximum atomic E-state index is 13.3. The molecule has 2 aromatic rings. The predicted octanol–water partition coefficient (Wildman–Crippen LogP) is 5.79. The zero-order valence-electron chi connectivity index (χ0n) is 24.4. The van der Waals surface area contributed by atoms with Crippen molar-refractivity contribution >= 4 is 16.2 Å². The van der Waals surface area contributed by atoms with Crippen LogP contribution in [0.3, 0.4) is 0 Å². The molecule has 39 heavy (non-hydrogen) atoms. The minimum absolute atomic E-state index is 0.0957. The van der Waals surface area contributed by atoms with Gasteiger partial charge in [0.1, 0.15) is 13.2 Å². The van der Waals surface area contributed by atoms with Crippen molar-refractivity contribution in [2.75, 3.05) is 33.9 Å². The number of unbranched alkanes of at least 4 members (excludes halogenated alkanes) is 3. The number of carbonyl (C=O) groups is 1. The van der Waals surface area contributed by atoms with Crippen LogP contribution in [0.15, 0.2) is 59.5 Å². The van der Waals surface area contributed by atoms with Crippen molar-refractivity contribution in [2.45, 2.75) is 83.1 Å². The molecule has 1 amide bonds. The zero-order chi connectivity index (χ0) is 28.9. The van der Waals surface area contributed by atoms with Crippen LogP contribution in [-0.2, 0) is 30.4 Å². The number of ether oxygens (including phenoxy) is 2. The van der Waals surface area contributed by atoms with E-state index in [2.05, 4.69) is 12.2 Å². The first-order valence-corrected chi connectivity index (χ1v) is 15.1. The Morgan fingerprint density at radius 2 is 1.64 bits per heavy atom. The maximum Gasteiger partial charge on any atom is 0.407 e. The van der Waals surface area contributed by atoms with Crippen molar-refractivity contribution in [2.24, 2.45) is 0 Å². The molecule has 2 aromatic carbocycles. The summed E-state index contributed by atoms with van der Waals surface area (Å²) in [5, 5.41) is 2.88. The Labute approximate surface area is 235 Å². The molecule has 2 rings (SSSR count). The second-order valence-electron chi connectivity index (χ2n) is 11.3. The molecular formula is C30H47N2O6S+. The molecule has 9 heteroatoms. The average Bonchev–Trinajstić information content (AvgIpc) is 2.87. The maximum absolute atomic E-state index is 13.3. The van der Waals surface area contributed by atoms with Gasteiger partial charge in [-0.15, -0.1) is 0 Å². The van der Waals surface area contributed by atoms with E-state index in [0.717, 1.165) is 24.0 Å². The highest BCUT2D eigenvalue weighted by atomic mass is 32.2. The highest BCUT2D eigenvalue weighted by molar-refractivity contribution is 7.86. The quantitative estimate of drug-likeness (QED) is 0.113. The first-order chi connectivity index (χ1) is 18.3. The van der Waals surface area contributed by atoms with Crippen LogP contribution in [0.4, 0.5) is 4.79 Å². The van der Waals surface area contributed by atoms with Crippen LogP contribution >= 0.6 is 0 Å². The smallest absolute Gasteiger partial charge is 0.407 e. The molecule has 0 bridgehead atoms. The second kappa shape index (κ2) is 15.4. The first-order valence-electron chi connectivity index (χ1n) is 13.7. The number of benzene rings is 2. The lowest BCUT2D eigenvalue weighted by atomic mass is 9.98. The van der Waals surface area contributed by atoms with Gasteiger partial charge in [0.15, 0.2) is 0 Å². The van der Waals surface area contributed by atoms with Crippen molar-refractivity contribution in [3.8, 4) is 0 Å². The van der Waals surface area contributed by atoms with Crippen molar-refractivity contribution in [3.05, 3.63) is 65.7 Å². The average molecular weight is 564 g/mol. The lowest BCUT2D eigenvalue weighted by Gasteiger charge is -2.40. The van der Waals surface area contributed by atoms with E-state index in [1.54, 1.807) is 24.3 Å². The van der Waals surface area contributed by atoms with E-state index in [1.807, 2.05) is 65.2 Å². The van der Waals surface area contributed by atoms with Gasteiger partial charge in [0, 0.05) is 12.1 Å². The van der Waals surface area contributed by atoms with Gasteiger partial charge in [0.05, 0.1) is 32.0 Å². The molecule has 8 nitrogen and oxygen atoms in total. The van der Waals surface area contributed by atoms with E-state index in [-0.39, 0.29) is 22.4 Å². The van der Waals surface area contributed by atoms with Crippen LogP contribution in [0, 0.1) is 6.92 Å². The van der Waals surface area contributed by atoms with Crippen LogP contribution < -0.4 is 5.32 Å². The summed E-state index contributed by atoms with van der Waals surface area (Å²) in [5.41, 5.74) is 1.01. The Hall–Kier alpha value is -2.46. The van der Waals surface area contributed by atoms with E-state index in [0.29, 0.717) is 19.8 Å². The molecular weight excluding hydrogens is 516 g/mol. The minimum Gasteiger partial charge on any atom is -0.445 e. The predicted molar refractivity (Wildman–Crippen MR) is 154 cm³/mol. The number of hydrogen-bond donors (Lipinski definition) is 1. The van der Waals surface area contributed by atoms with Gasteiger partial charge in [-0.05, 0) is 44.9 Å². The SMILES string of the molecule is CCCCCCOCC[N+](C)(C)C(CC(C)(C)NC(=O)OCc1ccccc1)OS(=O)(=O)c1ccc(C)cc1. The topological polar surface area (TPSA) is 90.9 Å². The van der Waals surface area contributed by atoms with E-state index in [4.69, 9.17) is 13.7 Å². The number of carbonyl (C=O) groups excluding carboxylic acids is 1. The summed E-state index contributed by atoms with van der Waals surface area (Å²) in [6.45, 7) is 9.55. The highest BCUT2D eigenvalue weighted by Crippen LogP contribution is 2.25. The molecule has 0 saturated heterocycles. The van der Waals surface area contributed by atoms with Crippen LogP contribution in [-0.4, -0.2) is 64.6 Å². The summed E-state index contributed by atoms with van der Waals surface area (Å²) >= 11 is 0. The molecule has 0 heterocycles. The third-order valence-corrected chi connectivity index (χ3v) is 7.94. The van der Waals surface area contributed by atoms with Gasteiger partial charge in [-0.1, -0.05) is 74.2 Å². The van der Waals surface area contributed by atoms with Crippen molar-refractivity contribution in [1.29, 1.82) is 0 Å². The highest BCUT2D eigenvalue weighted by Gasteiger charge is 2.39. The number of rotatable bonds is 17. The van der Waals surface area contributed by atoms with Gasteiger partial charge in [0.2, 0.25) is 6.23 Å². The molecule has 0 saturated carbocycles. The summed E-state index contributed by atoms with van der Waals surface area (Å²) in [7, 11) is -0.220. The lowest BCUT2D eigenvalue weighted by Crippen LogP contribution is -2.57. The summed E-state index contributed by atoms with van der Waals surface area (Å²) < 4.78 is 43.9. The molecule has 1 atom stereocenters. The Morgan fingerprint density at radius 1 is 0.974 bits per heavy atom. The molecule has 0 spiro atoms. The van der Waals surface area contributed by atoms with E-state index < -0.39 is 28.0 Å². The van der Waals surface area contributed by atoms with Gasteiger partial charge < -0.3 is 19.3 Å². The van der Waals surface area contributed by atoms with E-state index in [9.17, 15) is 13.2 Å². The van der Waals surface area contributed by atoms with Crippen molar-refractivity contribution in [1.82, 2.24) is 5.32 Å². The molecule has 1 N–H and O–H groups in total. The third kappa shape index (κ3) is 12.1. The summed E-state index contributed by atoms with van der Waals surface area (Å²) in [4.78, 5) is 12.7. The number of alkyl carbamates (subject to hydrolysis) is 1. The van der Waals surface area contributed by atoms with Gasteiger partial charge in [0.25, 0.3) is 0 Å². The number of amides is 1. The van der Waals surface area contributed by atoms with Gasteiger partial charge in [-0.2, -0.15) is 8.42 Å². The number of nitrogens with one attached hydrogen (secondary N) is 1. The summed E-state index contributed by atoms with van der Waals surface area (Å²) in [6.07, 6.45) is 3.35. The summed E-state index contributed by atoms with van der Waals surface area (Å²) in [5.74, 6) is 0. The van der Waals surface area contributed by atoms with Crippen LogP contribution in [0.1, 0.15) is 64.0 Å². The van der Waals surface area contributed by atoms with Gasteiger partial charge in [-0.25, -0.2) is 8.98 Å². The van der Waals surface area contributed by atoms with Gasteiger partial charge in [-0.3, -0.25) is 0 Å². The molecule has 0 fully saturated rings. The Balaban J connectivity index is 2.11. The number of nitrogens with zero attached hydrogens (tertiary/aromatic N) is 1. The normalized spacial score (nSPS) is 13.2. The van der Waals surface area contributed by atoms with Crippen LogP contribution in [0.2, 0.25) is 0 Å². The van der Waals surface area contributed by atoms with E-state index in [1.165, 1.54) is 12.8 Å². The molecule has 0 aliphatic carbocycles. The molecule has 0 radical (unpaired) electrons. The fourth-order valence-electron chi connectivity index (χ4n) is 4.00. The van der Waals surface area contributed by atoms with Crippen molar-refractivity contribution < 1.29 is 31.4 Å². The Kier molecular flexibility index (Phi) is 12.9. The molecule has 0 aliphatic rings. The van der Waals surface area contributed by atoms with Gasteiger partial charge >= 0.3 is 16.2 Å². The fourth-order valence-corrected chi connectivity index (χ4v) is 5.18. The number of likely N-dealkylation sites (N-methyl/N-ethyl adjacent to an activating group) is 1. The fraction of sp³-hybridized carbons (Fsp3) is 0.567. The Morgan fingerprint density at radius 3 is 2.28 bits per heavy atom. The van der Waals surface area contributed by atoms with Crippen molar-refractivity contribution in [3.63, 3.8) is 0 Å². The molecule has 0 aliphatic heterocycles. The zero-order valence-corrected chi connectivity index (χ0v) is 25.3. The van der Waals surface area contributed by atoms with Crippen LogP contribution in [0.5, 0.6) is 0 Å². The first kappa shape index (κ1) is 32.8. The largest absolute Gasteiger partial charge is 0.445 e. The lowest BCUT2D eigenvalue weighted by molar-refractivity contribution is -0.934. The molecule has 0 aromatic heterocycles. The van der Waals surface area contributed by atoms with E-state index >= 15 is 0 Å². The third-order valence-electron chi connectivity index (χ3n) is 6.62. The molecule has 218 valence electrons. The monoisotopic (exact) mass is 563 g/mol. The number of aryl methyl sites for hydroxylation is 1. The second-order valence-corrected chi connectivity index (χ2v) is 12.8. The van der Waals surface area contributed by atoms with Crippen LogP contribution in [0.25, 0.3) is 0 Å². The number of quaternary nitrogens is 1.